The third-order valence-electron chi connectivity index (χ3n) is 1.95. The first-order valence-electron chi connectivity index (χ1n) is 3.90. The van der Waals surface area contributed by atoms with Crippen molar-refractivity contribution in [1.29, 1.82) is 0 Å². The molecule has 1 rings (SSSR count). The minimum Gasteiger partial charge on any atom is -0.657 e. The summed E-state index contributed by atoms with van der Waals surface area (Å²) in [6.07, 6.45) is 3.07. The van der Waals surface area contributed by atoms with E-state index in [1.54, 1.807) is 0 Å². The number of rotatable bonds is 2. The van der Waals surface area contributed by atoms with Gasteiger partial charge in [-0.2, -0.15) is 0 Å². The van der Waals surface area contributed by atoms with Crippen LogP contribution in [0.25, 0.3) is 5.32 Å². The maximum absolute atomic E-state index is 4.46. The van der Waals surface area contributed by atoms with Crippen molar-refractivity contribution < 1.29 is 17.4 Å². The Kier molecular flexibility index (Phi) is 5.67. The Balaban J connectivity index is 0.000001000. The van der Waals surface area contributed by atoms with Gasteiger partial charge in [-0.1, -0.05) is 19.9 Å². The largest absolute Gasteiger partial charge is 0.657 e. The van der Waals surface area contributed by atoms with Crippen LogP contribution in [0.4, 0.5) is 0 Å². The fourth-order valence-electron chi connectivity index (χ4n) is 1.21. The SMILES string of the molecule is C=CN1CC[N-]C(CC)C1.[Cr]. The molecule has 1 unspecified atom stereocenters. The van der Waals surface area contributed by atoms with E-state index in [0.29, 0.717) is 6.04 Å². The van der Waals surface area contributed by atoms with Gasteiger partial charge in [0.25, 0.3) is 0 Å². The van der Waals surface area contributed by atoms with Gasteiger partial charge in [-0.3, -0.25) is 0 Å². The molecule has 2 nitrogen and oxygen atoms in total. The average molecular weight is 191 g/mol. The summed E-state index contributed by atoms with van der Waals surface area (Å²) in [5.41, 5.74) is 0. The molecule has 1 saturated heterocycles. The second-order valence-electron chi connectivity index (χ2n) is 2.65. The van der Waals surface area contributed by atoms with Gasteiger partial charge in [0.05, 0.1) is 0 Å². The van der Waals surface area contributed by atoms with E-state index in [0.717, 1.165) is 26.1 Å². The van der Waals surface area contributed by atoms with E-state index in [2.05, 4.69) is 23.7 Å². The van der Waals surface area contributed by atoms with E-state index in [4.69, 9.17) is 0 Å². The molecule has 0 saturated carbocycles. The Morgan fingerprint density at radius 2 is 2.45 bits per heavy atom. The summed E-state index contributed by atoms with van der Waals surface area (Å²) < 4.78 is 0. The maximum atomic E-state index is 4.46. The van der Waals surface area contributed by atoms with Gasteiger partial charge in [0.15, 0.2) is 0 Å². The zero-order valence-electron chi connectivity index (χ0n) is 6.99. The average Bonchev–Trinajstić information content (AvgIpc) is 2.05. The normalized spacial score (nSPS) is 24.1. The molecule has 0 aliphatic carbocycles. The summed E-state index contributed by atoms with van der Waals surface area (Å²) in [5.74, 6) is 0. The Morgan fingerprint density at radius 3 is 3.00 bits per heavy atom. The van der Waals surface area contributed by atoms with Gasteiger partial charge in [0, 0.05) is 23.9 Å². The van der Waals surface area contributed by atoms with Crippen molar-refractivity contribution in [2.75, 3.05) is 19.6 Å². The molecule has 11 heavy (non-hydrogen) atoms. The second kappa shape index (κ2) is 5.65. The molecule has 1 aliphatic heterocycles. The van der Waals surface area contributed by atoms with Crippen LogP contribution >= 0.6 is 0 Å². The molecule has 1 heterocycles. The van der Waals surface area contributed by atoms with Crippen LogP contribution in [-0.4, -0.2) is 30.6 Å². The van der Waals surface area contributed by atoms with Gasteiger partial charge >= 0.3 is 0 Å². The van der Waals surface area contributed by atoms with Gasteiger partial charge in [-0.15, -0.1) is 12.6 Å². The van der Waals surface area contributed by atoms with Crippen molar-refractivity contribution in [1.82, 2.24) is 4.90 Å². The van der Waals surface area contributed by atoms with Crippen LogP contribution in [0.3, 0.4) is 0 Å². The Morgan fingerprint density at radius 1 is 1.73 bits per heavy atom. The first-order chi connectivity index (χ1) is 4.86. The van der Waals surface area contributed by atoms with Crippen molar-refractivity contribution in [3.8, 4) is 0 Å². The van der Waals surface area contributed by atoms with Crippen molar-refractivity contribution >= 4 is 0 Å². The van der Waals surface area contributed by atoms with E-state index in [1.807, 2.05) is 6.20 Å². The molecule has 0 radical (unpaired) electrons. The minimum absolute atomic E-state index is 0. The molecule has 0 aromatic heterocycles. The molecular weight excluding hydrogens is 176 g/mol. The van der Waals surface area contributed by atoms with E-state index < -0.39 is 0 Å². The quantitative estimate of drug-likeness (QED) is 0.648. The van der Waals surface area contributed by atoms with Crippen molar-refractivity contribution in [3.63, 3.8) is 0 Å². The molecule has 3 heteroatoms. The standard InChI is InChI=1S/C8H15N2.Cr/c1-3-8-7-10(4-2)6-5-9-8;/h4,8H,2-3,5-7H2,1H3;/q-1;. The molecule has 64 valence electrons. The van der Waals surface area contributed by atoms with Gasteiger partial charge in [0.2, 0.25) is 0 Å². The van der Waals surface area contributed by atoms with Crippen LogP contribution in [0.2, 0.25) is 0 Å². The number of hydrogen-bond donors (Lipinski definition) is 0. The topological polar surface area (TPSA) is 17.3 Å². The smallest absolute Gasteiger partial charge is 0.00105 e. The van der Waals surface area contributed by atoms with Crippen LogP contribution in [-0.2, 0) is 17.4 Å². The zero-order chi connectivity index (χ0) is 7.40. The molecule has 1 aliphatic rings. The maximum Gasteiger partial charge on any atom is 0.00105 e. The molecule has 0 aromatic rings. The molecular formula is C8H15CrN2-. The first kappa shape index (κ1) is 11.0. The predicted molar refractivity (Wildman–Crippen MR) is 44.1 cm³/mol. The fourth-order valence-corrected chi connectivity index (χ4v) is 1.21. The van der Waals surface area contributed by atoms with E-state index >= 15 is 0 Å². The third kappa shape index (κ3) is 3.29. The molecule has 1 atom stereocenters. The van der Waals surface area contributed by atoms with Crippen LogP contribution < -0.4 is 0 Å². The fraction of sp³-hybridized carbons (Fsp3) is 0.750. The predicted octanol–water partition coefficient (Wildman–Crippen LogP) is 1.60. The summed E-state index contributed by atoms with van der Waals surface area (Å²) in [4.78, 5) is 2.24. The molecule has 0 bridgehead atoms. The summed E-state index contributed by atoms with van der Waals surface area (Å²) in [5, 5.41) is 4.46. The van der Waals surface area contributed by atoms with Crippen LogP contribution in [0, 0.1) is 0 Å². The summed E-state index contributed by atoms with van der Waals surface area (Å²) >= 11 is 0. The van der Waals surface area contributed by atoms with Gasteiger partial charge < -0.3 is 10.2 Å². The Bertz CT molecular complexity index is 117. The van der Waals surface area contributed by atoms with Crippen molar-refractivity contribution in [3.05, 3.63) is 18.1 Å². The number of nitrogens with zero attached hydrogens (tertiary/aromatic N) is 2. The van der Waals surface area contributed by atoms with Gasteiger partial charge in [0.1, 0.15) is 0 Å². The molecule has 0 amide bonds. The van der Waals surface area contributed by atoms with Crippen molar-refractivity contribution in [2.45, 2.75) is 19.4 Å². The van der Waals surface area contributed by atoms with Gasteiger partial charge in [-0.05, 0) is 12.7 Å². The summed E-state index contributed by atoms with van der Waals surface area (Å²) in [6.45, 7) is 9.02. The third-order valence-corrected chi connectivity index (χ3v) is 1.95. The number of hydrogen-bond acceptors (Lipinski definition) is 1. The summed E-state index contributed by atoms with van der Waals surface area (Å²) in [7, 11) is 0. The molecule has 0 spiro atoms. The molecule has 0 N–H and O–H groups in total. The molecule has 1 fully saturated rings. The van der Waals surface area contributed by atoms with Crippen LogP contribution in [0.15, 0.2) is 12.8 Å². The van der Waals surface area contributed by atoms with E-state index in [-0.39, 0.29) is 17.4 Å². The van der Waals surface area contributed by atoms with Crippen molar-refractivity contribution in [2.24, 2.45) is 0 Å². The Labute approximate surface area is 79.8 Å². The number of piperazine rings is 1. The second-order valence-corrected chi connectivity index (χ2v) is 2.65. The van der Waals surface area contributed by atoms with E-state index in [9.17, 15) is 0 Å². The Hall–Kier alpha value is 0.0325. The van der Waals surface area contributed by atoms with Gasteiger partial charge in [-0.25, -0.2) is 0 Å². The first-order valence-corrected chi connectivity index (χ1v) is 3.90. The summed E-state index contributed by atoms with van der Waals surface area (Å²) in [6, 6.07) is 0.548. The zero-order valence-corrected chi connectivity index (χ0v) is 8.27. The molecule has 0 aromatic carbocycles. The van der Waals surface area contributed by atoms with Crippen LogP contribution in [0.1, 0.15) is 13.3 Å². The minimum atomic E-state index is 0. The monoisotopic (exact) mass is 191 g/mol. The van der Waals surface area contributed by atoms with Crippen LogP contribution in [0.5, 0.6) is 0 Å². The van der Waals surface area contributed by atoms with E-state index in [1.165, 1.54) is 0 Å².